The smallest absolute Gasteiger partial charge is 0.243 e. The molecule has 0 N–H and O–H groups in total. The van der Waals surface area contributed by atoms with E-state index in [9.17, 15) is 13.2 Å². The highest BCUT2D eigenvalue weighted by Crippen LogP contribution is 2.21. The molecule has 1 heterocycles. The van der Waals surface area contributed by atoms with Crippen LogP contribution >= 0.6 is 11.8 Å². The van der Waals surface area contributed by atoms with Gasteiger partial charge in [0.15, 0.2) is 0 Å². The van der Waals surface area contributed by atoms with E-state index < -0.39 is 10.0 Å². The summed E-state index contributed by atoms with van der Waals surface area (Å²) in [5, 5.41) is 0. The molecule has 3 rings (SSSR count). The molecule has 0 aromatic heterocycles. The molecular weight excluding hydrogens is 404 g/mol. The van der Waals surface area contributed by atoms with Crippen LogP contribution in [0.2, 0.25) is 0 Å². The van der Waals surface area contributed by atoms with Crippen molar-refractivity contribution in [3.8, 4) is 0 Å². The van der Waals surface area contributed by atoms with E-state index in [0.29, 0.717) is 37.4 Å². The first-order chi connectivity index (χ1) is 13.9. The molecule has 1 aliphatic heterocycles. The number of hydrogen-bond donors (Lipinski definition) is 0. The average molecular weight is 433 g/mol. The molecule has 0 atom stereocenters. The molecule has 0 unspecified atom stereocenters. The van der Waals surface area contributed by atoms with Crippen LogP contribution in [0.4, 0.5) is 0 Å². The predicted octanol–water partition coefficient (Wildman–Crippen LogP) is 3.78. The van der Waals surface area contributed by atoms with Crippen LogP contribution in [0, 0.1) is 0 Å². The summed E-state index contributed by atoms with van der Waals surface area (Å²) in [7, 11) is -1.57. The normalized spacial score (nSPS) is 14.8. The summed E-state index contributed by atoms with van der Waals surface area (Å²) in [5.41, 5.74) is 2.08. The van der Waals surface area contributed by atoms with Crippen molar-refractivity contribution in [2.45, 2.75) is 42.0 Å². The first kappa shape index (κ1) is 21.9. The van der Waals surface area contributed by atoms with Gasteiger partial charge in [0.05, 0.1) is 4.90 Å². The summed E-state index contributed by atoms with van der Waals surface area (Å²) in [6.07, 6.45) is 4.89. The second-order valence-corrected chi connectivity index (χ2v) is 10.2. The first-order valence-electron chi connectivity index (χ1n) is 9.86. The van der Waals surface area contributed by atoms with Crippen molar-refractivity contribution in [1.82, 2.24) is 9.21 Å². The number of carbonyl (C=O) groups excluding carboxylic acids is 1. The zero-order valence-electron chi connectivity index (χ0n) is 17.0. The molecule has 0 spiro atoms. The third kappa shape index (κ3) is 5.62. The lowest BCUT2D eigenvalue weighted by molar-refractivity contribution is -0.130. The lowest BCUT2D eigenvalue weighted by atomic mass is 10.1. The van der Waals surface area contributed by atoms with Crippen molar-refractivity contribution in [3.05, 3.63) is 59.7 Å². The van der Waals surface area contributed by atoms with Crippen LogP contribution in [0.15, 0.2) is 58.3 Å². The Labute approximate surface area is 178 Å². The maximum absolute atomic E-state index is 12.6. The van der Waals surface area contributed by atoms with E-state index in [2.05, 4.69) is 24.3 Å². The molecular formula is C22H28N2O3S2. The first-order valence-corrected chi connectivity index (χ1v) is 12.5. The fraction of sp³-hybridized carbons (Fsp3) is 0.409. The minimum atomic E-state index is -3.38. The molecule has 2 aromatic carbocycles. The summed E-state index contributed by atoms with van der Waals surface area (Å²) in [4.78, 5) is 15.7. The number of carbonyl (C=O) groups is 1. The highest BCUT2D eigenvalue weighted by atomic mass is 32.2. The molecule has 7 heteroatoms. The molecule has 1 aliphatic rings. The van der Waals surface area contributed by atoms with Gasteiger partial charge in [-0.15, -0.1) is 11.8 Å². The fourth-order valence-electron chi connectivity index (χ4n) is 3.44. The Morgan fingerprint density at radius 2 is 1.59 bits per heavy atom. The molecule has 5 nitrogen and oxygen atoms in total. The Balaban J connectivity index is 1.52. The van der Waals surface area contributed by atoms with E-state index >= 15 is 0 Å². The van der Waals surface area contributed by atoms with E-state index in [0.717, 1.165) is 24.0 Å². The van der Waals surface area contributed by atoms with Crippen molar-refractivity contribution in [2.24, 2.45) is 0 Å². The minimum absolute atomic E-state index is 0.0766. The Bertz CT molecular complexity index is 920. The van der Waals surface area contributed by atoms with Gasteiger partial charge in [-0.25, -0.2) is 8.42 Å². The van der Waals surface area contributed by atoms with Crippen LogP contribution in [0.1, 0.15) is 30.4 Å². The van der Waals surface area contributed by atoms with Gasteiger partial charge in [0.2, 0.25) is 15.9 Å². The van der Waals surface area contributed by atoms with E-state index in [4.69, 9.17) is 0 Å². The third-order valence-corrected chi connectivity index (χ3v) is 7.91. The second-order valence-electron chi connectivity index (χ2n) is 7.35. The van der Waals surface area contributed by atoms with Crippen LogP contribution in [0.3, 0.4) is 0 Å². The SMILES string of the molecule is CSc1ccc(CN(C)C(=O)CCc2ccc(S(=O)(=O)N3CCCC3)cc2)cc1. The van der Waals surface area contributed by atoms with Crippen LogP contribution in [-0.2, 0) is 27.8 Å². The van der Waals surface area contributed by atoms with Crippen molar-refractivity contribution in [3.63, 3.8) is 0 Å². The summed E-state index contributed by atoms with van der Waals surface area (Å²) < 4.78 is 26.7. The molecule has 1 saturated heterocycles. The number of rotatable bonds is 8. The Morgan fingerprint density at radius 3 is 2.17 bits per heavy atom. The van der Waals surface area contributed by atoms with Gasteiger partial charge in [-0.1, -0.05) is 24.3 Å². The van der Waals surface area contributed by atoms with Gasteiger partial charge in [0.25, 0.3) is 0 Å². The number of benzene rings is 2. The lowest BCUT2D eigenvalue weighted by Gasteiger charge is -2.18. The monoisotopic (exact) mass is 432 g/mol. The van der Waals surface area contributed by atoms with Crippen molar-refractivity contribution >= 4 is 27.7 Å². The Morgan fingerprint density at radius 1 is 1.00 bits per heavy atom. The number of amides is 1. The molecule has 1 amide bonds. The van der Waals surface area contributed by atoms with E-state index in [1.807, 2.05) is 25.4 Å². The maximum Gasteiger partial charge on any atom is 0.243 e. The standard InChI is InChI=1S/C22H28N2O3S2/c1-23(17-19-5-10-20(28-2)11-6-19)22(25)14-9-18-7-12-21(13-8-18)29(26,27)24-15-3-4-16-24/h5-8,10-13H,3-4,9,14-17H2,1-2H3. The fourth-order valence-corrected chi connectivity index (χ4v) is 5.37. The summed E-state index contributed by atoms with van der Waals surface area (Å²) in [6, 6.07) is 15.2. The Hall–Kier alpha value is -1.83. The molecule has 0 saturated carbocycles. The Kier molecular flexibility index (Phi) is 7.38. The number of nitrogens with zero attached hydrogens (tertiary/aromatic N) is 2. The van der Waals surface area contributed by atoms with Gasteiger partial charge in [0, 0.05) is 38.0 Å². The topological polar surface area (TPSA) is 57.7 Å². The lowest BCUT2D eigenvalue weighted by Crippen LogP contribution is -2.27. The maximum atomic E-state index is 12.6. The van der Waals surface area contributed by atoms with Crippen LogP contribution < -0.4 is 0 Å². The number of aryl methyl sites for hydroxylation is 1. The van der Waals surface area contributed by atoms with Crippen LogP contribution in [0.25, 0.3) is 0 Å². The molecule has 0 aliphatic carbocycles. The predicted molar refractivity (Wildman–Crippen MR) is 117 cm³/mol. The van der Waals surface area contributed by atoms with Crippen LogP contribution in [0.5, 0.6) is 0 Å². The zero-order valence-corrected chi connectivity index (χ0v) is 18.6. The second kappa shape index (κ2) is 9.78. The van der Waals surface area contributed by atoms with Gasteiger partial charge in [-0.05, 0) is 60.9 Å². The third-order valence-electron chi connectivity index (χ3n) is 5.26. The van der Waals surface area contributed by atoms with Gasteiger partial charge in [-0.3, -0.25) is 4.79 Å². The average Bonchev–Trinajstić information content (AvgIpc) is 3.28. The minimum Gasteiger partial charge on any atom is -0.341 e. The van der Waals surface area contributed by atoms with Gasteiger partial charge in [0.1, 0.15) is 0 Å². The number of thioether (sulfide) groups is 1. The largest absolute Gasteiger partial charge is 0.341 e. The highest BCUT2D eigenvalue weighted by molar-refractivity contribution is 7.98. The van der Waals surface area contributed by atoms with E-state index in [1.165, 1.54) is 4.90 Å². The molecule has 2 aromatic rings. The molecule has 0 radical (unpaired) electrons. The summed E-state index contributed by atoms with van der Waals surface area (Å²) in [6.45, 7) is 1.79. The number of hydrogen-bond acceptors (Lipinski definition) is 4. The highest BCUT2D eigenvalue weighted by Gasteiger charge is 2.26. The van der Waals surface area contributed by atoms with Crippen LogP contribution in [-0.4, -0.2) is 49.9 Å². The van der Waals surface area contributed by atoms with Gasteiger partial charge < -0.3 is 4.90 Å². The molecule has 156 valence electrons. The number of sulfonamides is 1. The molecule has 0 bridgehead atoms. The zero-order chi connectivity index (χ0) is 20.9. The van der Waals surface area contributed by atoms with Gasteiger partial charge >= 0.3 is 0 Å². The van der Waals surface area contributed by atoms with Crippen molar-refractivity contribution in [2.75, 3.05) is 26.4 Å². The quantitative estimate of drug-likeness (QED) is 0.596. The molecule has 29 heavy (non-hydrogen) atoms. The molecule has 1 fully saturated rings. The van der Waals surface area contributed by atoms with Gasteiger partial charge in [-0.2, -0.15) is 4.31 Å². The summed E-state index contributed by atoms with van der Waals surface area (Å²) >= 11 is 1.70. The summed E-state index contributed by atoms with van der Waals surface area (Å²) in [5.74, 6) is 0.0766. The van der Waals surface area contributed by atoms with E-state index in [-0.39, 0.29) is 5.91 Å². The van der Waals surface area contributed by atoms with Crippen molar-refractivity contribution in [1.29, 1.82) is 0 Å². The van der Waals surface area contributed by atoms with E-state index in [1.54, 1.807) is 33.1 Å². The van der Waals surface area contributed by atoms with Crippen molar-refractivity contribution < 1.29 is 13.2 Å².